The van der Waals surface area contributed by atoms with Crippen LogP contribution in [0.1, 0.15) is 18.9 Å². The molecule has 2 N–H and O–H groups in total. The Morgan fingerprint density at radius 2 is 1.96 bits per heavy atom. The molecule has 3 rings (SSSR count). The number of hydrogen-bond acceptors (Lipinski definition) is 5. The summed E-state index contributed by atoms with van der Waals surface area (Å²) in [5.74, 6) is 0.418. The topological polar surface area (TPSA) is 79.2 Å². The second kappa shape index (κ2) is 8.31. The van der Waals surface area contributed by atoms with Crippen molar-refractivity contribution < 1.29 is 24.5 Å². The monoisotopic (exact) mass is 371 g/mol. The normalized spacial score (nSPS) is 15.4. The summed E-state index contributed by atoms with van der Waals surface area (Å²) in [5.41, 5.74) is 0.109. The Morgan fingerprint density at radius 3 is 2.67 bits per heavy atom. The predicted molar refractivity (Wildman–Crippen MR) is 103 cm³/mol. The molecule has 0 aromatic heterocycles. The molecule has 0 fully saturated rings. The maximum absolute atomic E-state index is 11.2. The van der Waals surface area contributed by atoms with Gasteiger partial charge >= 0.3 is 5.97 Å². The summed E-state index contributed by atoms with van der Waals surface area (Å²) in [6.45, 7) is 4.42. The van der Waals surface area contributed by atoms with E-state index in [9.17, 15) is 9.90 Å². The van der Waals surface area contributed by atoms with Crippen molar-refractivity contribution in [1.29, 1.82) is 0 Å². The molecular formula is C21H25NO5. The zero-order valence-corrected chi connectivity index (χ0v) is 15.4. The maximum atomic E-state index is 11.2. The van der Waals surface area contributed by atoms with Gasteiger partial charge in [-0.05, 0) is 36.2 Å². The van der Waals surface area contributed by atoms with E-state index >= 15 is 0 Å². The Bertz CT molecular complexity index is 776. The van der Waals surface area contributed by atoms with Crippen molar-refractivity contribution in [3.63, 3.8) is 0 Å². The van der Waals surface area contributed by atoms with Crippen LogP contribution in [0.25, 0.3) is 0 Å². The van der Waals surface area contributed by atoms with Gasteiger partial charge in [-0.2, -0.15) is 0 Å². The zero-order chi connectivity index (χ0) is 19.3. The second-order valence-electron chi connectivity index (χ2n) is 6.66. The summed E-state index contributed by atoms with van der Waals surface area (Å²) < 4.78 is 11.5. The van der Waals surface area contributed by atoms with Gasteiger partial charge in [0.1, 0.15) is 24.7 Å². The maximum Gasteiger partial charge on any atom is 0.336 e. The number of aliphatic carboxylic acids is 1. The molecule has 1 aliphatic heterocycles. The Balaban J connectivity index is 1.53. The summed E-state index contributed by atoms with van der Waals surface area (Å²) in [6, 6.07) is 15.2. The molecule has 0 saturated heterocycles. The molecule has 2 aromatic carbocycles. The van der Waals surface area contributed by atoms with Crippen LogP contribution >= 0.6 is 0 Å². The van der Waals surface area contributed by atoms with Crippen molar-refractivity contribution in [3.8, 4) is 11.5 Å². The van der Waals surface area contributed by atoms with Crippen molar-refractivity contribution in [1.82, 2.24) is 0 Å². The summed E-state index contributed by atoms with van der Waals surface area (Å²) >= 11 is 0. The SMILES string of the molecule is CCC(O)(Cc1ccc(OCCN2CCOc3ccccc32)cc1)C(=O)O. The molecule has 1 atom stereocenters. The number of ether oxygens (including phenoxy) is 2. The number of carbonyl (C=O) groups is 1. The van der Waals surface area contributed by atoms with Crippen LogP contribution in [-0.4, -0.2) is 48.1 Å². The molecule has 0 saturated carbocycles. The number of aliphatic hydroxyl groups is 1. The predicted octanol–water partition coefficient (Wildman–Crippen LogP) is 2.73. The van der Waals surface area contributed by atoms with Gasteiger partial charge in [-0.15, -0.1) is 0 Å². The molecule has 144 valence electrons. The lowest BCUT2D eigenvalue weighted by Crippen LogP contribution is -2.40. The lowest BCUT2D eigenvalue weighted by atomic mass is 9.92. The minimum Gasteiger partial charge on any atom is -0.492 e. The third-order valence-electron chi connectivity index (χ3n) is 4.86. The number of nitrogens with zero attached hydrogens (tertiary/aromatic N) is 1. The average Bonchev–Trinajstić information content (AvgIpc) is 2.69. The fourth-order valence-corrected chi connectivity index (χ4v) is 3.13. The molecule has 0 amide bonds. The number of para-hydroxylation sites is 2. The van der Waals surface area contributed by atoms with Gasteiger partial charge in [0, 0.05) is 6.42 Å². The third-order valence-corrected chi connectivity index (χ3v) is 4.86. The highest BCUT2D eigenvalue weighted by atomic mass is 16.5. The first-order chi connectivity index (χ1) is 13.0. The van der Waals surface area contributed by atoms with Gasteiger partial charge in [0.05, 0.1) is 18.8 Å². The fraction of sp³-hybridized carbons (Fsp3) is 0.381. The molecule has 2 aromatic rings. The van der Waals surface area contributed by atoms with Crippen molar-refractivity contribution in [2.45, 2.75) is 25.4 Å². The quantitative estimate of drug-likeness (QED) is 0.743. The van der Waals surface area contributed by atoms with Crippen LogP contribution < -0.4 is 14.4 Å². The molecule has 1 unspecified atom stereocenters. The second-order valence-corrected chi connectivity index (χ2v) is 6.66. The smallest absolute Gasteiger partial charge is 0.336 e. The number of rotatable bonds is 8. The molecule has 27 heavy (non-hydrogen) atoms. The van der Waals surface area contributed by atoms with Gasteiger partial charge in [0.2, 0.25) is 0 Å². The molecule has 0 aliphatic carbocycles. The number of carboxylic acids is 1. The van der Waals surface area contributed by atoms with E-state index in [1.54, 1.807) is 31.2 Å². The summed E-state index contributed by atoms with van der Waals surface area (Å²) in [6.07, 6.45) is 0.227. The minimum atomic E-state index is -1.73. The Labute approximate surface area is 159 Å². The number of anilines is 1. The molecular weight excluding hydrogens is 346 g/mol. The highest BCUT2D eigenvalue weighted by Crippen LogP contribution is 2.30. The lowest BCUT2D eigenvalue weighted by Gasteiger charge is -2.31. The van der Waals surface area contributed by atoms with E-state index in [-0.39, 0.29) is 12.8 Å². The van der Waals surface area contributed by atoms with Crippen LogP contribution in [-0.2, 0) is 11.2 Å². The van der Waals surface area contributed by atoms with Crippen LogP contribution in [0.2, 0.25) is 0 Å². The van der Waals surface area contributed by atoms with E-state index in [1.165, 1.54) is 0 Å². The van der Waals surface area contributed by atoms with E-state index in [2.05, 4.69) is 4.90 Å². The van der Waals surface area contributed by atoms with Crippen molar-refractivity contribution >= 4 is 11.7 Å². The lowest BCUT2D eigenvalue weighted by molar-refractivity contribution is -0.158. The molecule has 1 aliphatic rings. The molecule has 1 heterocycles. The van der Waals surface area contributed by atoms with E-state index in [4.69, 9.17) is 14.6 Å². The van der Waals surface area contributed by atoms with Gasteiger partial charge in [0.25, 0.3) is 0 Å². The van der Waals surface area contributed by atoms with Crippen molar-refractivity contribution in [2.24, 2.45) is 0 Å². The average molecular weight is 371 g/mol. The van der Waals surface area contributed by atoms with Crippen LogP contribution in [0, 0.1) is 0 Å². The van der Waals surface area contributed by atoms with E-state index < -0.39 is 11.6 Å². The van der Waals surface area contributed by atoms with Crippen molar-refractivity contribution in [2.75, 3.05) is 31.2 Å². The summed E-state index contributed by atoms with van der Waals surface area (Å²) in [5, 5.41) is 19.3. The standard InChI is InChI=1S/C21H25NO5/c1-2-21(25,20(23)24)15-16-7-9-17(10-8-16)26-13-11-22-12-14-27-19-6-4-3-5-18(19)22/h3-10,25H,2,11-15H2,1H3,(H,23,24). The van der Waals surface area contributed by atoms with Gasteiger partial charge < -0.3 is 24.6 Å². The van der Waals surface area contributed by atoms with Crippen LogP contribution in [0.4, 0.5) is 5.69 Å². The van der Waals surface area contributed by atoms with E-state index in [1.807, 2.05) is 24.3 Å². The van der Waals surface area contributed by atoms with E-state index in [0.717, 1.165) is 35.8 Å². The van der Waals surface area contributed by atoms with Gasteiger partial charge in [-0.3, -0.25) is 0 Å². The summed E-state index contributed by atoms with van der Waals surface area (Å²) in [7, 11) is 0. The van der Waals surface area contributed by atoms with E-state index in [0.29, 0.717) is 13.2 Å². The van der Waals surface area contributed by atoms with Crippen LogP contribution in [0.5, 0.6) is 11.5 Å². The molecule has 6 heteroatoms. The zero-order valence-electron chi connectivity index (χ0n) is 15.4. The Morgan fingerprint density at radius 1 is 1.22 bits per heavy atom. The first-order valence-electron chi connectivity index (χ1n) is 9.16. The largest absolute Gasteiger partial charge is 0.492 e. The first kappa shape index (κ1) is 19.0. The number of fused-ring (bicyclic) bond motifs is 1. The Kier molecular flexibility index (Phi) is 5.86. The molecule has 0 bridgehead atoms. The minimum absolute atomic E-state index is 0.0731. The highest BCUT2D eigenvalue weighted by molar-refractivity contribution is 5.77. The van der Waals surface area contributed by atoms with Crippen LogP contribution in [0.15, 0.2) is 48.5 Å². The van der Waals surface area contributed by atoms with Crippen LogP contribution in [0.3, 0.4) is 0 Å². The first-order valence-corrected chi connectivity index (χ1v) is 9.16. The third kappa shape index (κ3) is 4.52. The molecule has 0 radical (unpaired) electrons. The number of carboxylic acid groups (broad SMARTS) is 1. The highest BCUT2D eigenvalue weighted by Gasteiger charge is 2.33. The van der Waals surface area contributed by atoms with Gasteiger partial charge in [-0.25, -0.2) is 4.79 Å². The van der Waals surface area contributed by atoms with Gasteiger partial charge in [0.15, 0.2) is 5.60 Å². The summed E-state index contributed by atoms with van der Waals surface area (Å²) in [4.78, 5) is 13.5. The number of benzene rings is 2. The van der Waals surface area contributed by atoms with Gasteiger partial charge in [-0.1, -0.05) is 31.2 Å². The Hall–Kier alpha value is -2.73. The number of hydrogen-bond donors (Lipinski definition) is 2. The van der Waals surface area contributed by atoms with Crippen molar-refractivity contribution in [3.05, 3.63) is 54.1 Å². The molecule has 6 nitrogen and oxygen atoms in total. The fourth-order valence-electron chi connectivity index (χ4n) is 3.13. The molecule has 0 spiro atoms.